The molecule has 104 valence electrons. The zero-order valence-electron chi connectivity index (χ0n) is 11.0. The molecule has 1 aliphatic rings. The zero-order valence-corrected chi connectivity index (χ0v) is 11.8. The molecule has 1 N–H and O–H groups in total. The number of halogens is 1. The highest BCUT2D eigenvalue weighted by molar-refractivity contribution is 7.14. The Hall–Kier alpha value is -1.88. The molecule has 0 fully saturated rings. The number of nitrogens with zero attached hydrogens (tertiary/aromatic N) is 1. The fourth-order valence-corrected chi connectivity index (χ4v) is 3.44. The lowest BCUT2D eigenvalue weighted by Gasteiger charge is -2.19. The Morgan fingerprint density at radius 3 is 2.95 bits per heavy atom. The van der Waals surface area contributed by atoms with Gasteiger partial charge in [-0.15, -0.1) is 11.3 Å². The Morgan fingerprint density at radius 2 is 2.25 bits per heavy atom. The van der Waals surface area contributed by atoms with Gasteiger partial charge in [-0.1, -0.05) is 6.07 Å². The maximum Gasteiger partial charge on any atom is 0.345 e. The van der Waals surface area contributed by atoms with Crippen LogP contribution in [0.2, 0.25) is 0 Å². The van der Waals surface area contributed by atoms with Crippen molar-refractivity contribution in [3.63, 3.8) is 0 Å². The van der Waals surface area contributed by atoms with E-state index in [-0.39, 0.29) is 5.82 Å². The Balaban J connectivity index is 1.87. The molecular formula is C15H14FNO2S. The lowest BCUT2D eigenvalue weighted by Crippen LogP contribution is -2.19. The molecule has 0 saturated heterocycles. The first-order valence-electron chi connectivity index (χ1n) is 6.40. The number of carbonyl (C=O) groups is 1. The minimum Gasteiger partial charge on any atom is -0.477 e. The summed E-state index contributed by atoms with van der Waals surface area (Å²) in [4.78, 5) is 14.5. The van der Waals surface area contributed by atoms with Crippen LogP contribution in [0.15, 0.2) is 24.3 Å². The molecule has 2 aromatic rings. The number of benzene rings is 1. The molecule has 0 saturated carbocycles. The van der Waals surface area contributed by atoms with Crippen molar-refractivity contribution in [2.75, 3.05) is 11.4 Å². The average Bonchev–Trinajstić information content (AvgIpc) is 2.95. The molecule has 0 radical (unpaired) electrons. The van der Waals surface area contributed by atoms with Crippen LogP contribution in [-0.4, -0.2) is 17.6 Å². The Labute approximate surface area is 120 Å². The number of anilines is 1. The third-order valence-corrected chi connectivity index (χ3v) is 4.71. The number of hydrogen-bond donors (Lipinski definition) is 1. The van der Waals surface area contributed by atoms with Gasteiger partial charge in [0.05, 0.1) is 0 Å². The molecule has 0 atom stereocenters. The third-order valence-electron chi connectivity index (χ3n) is 3.63. The van der Waals surface area contributed by atoms with Gasteiger partial charge in [-0.05, 0) is 42.7 Å². The van der Waals surface area contributed by atoms with E-state index in [9.17, 15) is 9.18 Å². The van der Waals surface area contributed by atoms with Crippen molar-refractivity contribution in [1.29, 1.82) is 0 Å². The molecule has 0 amide bonds. The number of aryl methyl sites for hydroxylation is 1. The number of aromatic carboxylic acids is 1. The monoisotopic (exact) mass is 291 g/mol. The van der Waals surface area contributed by atoms with E-state index in [1.807, 2.05) is 13.0 Å². The molecule has 0 unspecified atom stereocenters. The van der Waals surface area contributed by atoms with Crippen molar-refractivity contribution >= 4 is 23.0 Å². The first kappa shape index (κ1) is 13.1. The largest absolute Gasteiger partial charge is 0.477 e. The Bertz CT molecular complexity index is 681. The van der Waals surface area contributed by atoms with Crippen molar-refractivity contribution in [2.45, 2.75) is 19.9 Å². The summed E-state index contributed by atoms with van der Waals surface area (Å²) >= 11 is 1.29. The number of rotatable bonds is 3. The normalized spacial score (nSPS) is 13.6. The van der Waals surface area contributed by atoms with E-state index >= 15 is 0 Å². The van der Waals surface area contributed by atoms with Crippen LogP contribution in [0, 0.1) is 12.7 Å². The first-order chi connectivity index (χ1) is 9.54. The van der Waals surface area contributed by atoms with Gasteiger partial charge in [-0.2, -0.15) is 0 Å². The second kappa shape index (κ2) is 4.90. The molecule has 20 heavy (non-hydrogen) atoms. The summed E-state index contributed by atoms with van der Waals surface area (Å²) in [6, 6.07) is 6.59. The van der Waals surface area contributed by atoms with Crippen LogP contribution >= 0.6 is 11.3 Å². The van der Waals surface area contributed by atoms with Crippen molar-refractivity contribution < 1.29 is 14.3 Å². The predicted octanol–water partition coefficient (Wildman–Crippen LogP) is 3.46. The van der Waals surface area contributed by atoms with Crippen molar-refractivity contribution in [1.82, 2.24) is 0 Å². The molecule has 0 aliphatic carbocycles. The van der Waals surface area contributed by atoms with Gasteiger partial charge < -0.3 is 10.0 Å². The van der Waals surface area contributed by atoms with Gasteiger partial charge in [-0.3, -0.25) is 0 Å². The molecule has 0 spiro atoms. The van der Waals surface area contributed by atoms with Crippen LogP contribution in [0.1, 0.15) is 25.7 Å². The summed E-state index contributed by atoms with van der Waals surface area (Å²) < 4.78 is 13.4. The van der Waals surface area contributed by atoms with Gasteiger partial charge in [0, 0.05) is 23.7 Å². The summed E-state index contributed by atoms with van der Waals surface area (Å²) in [5.74, 6) is -1.12. The van der Waals surface area contributed by atoms with Crippen LogP contribution in [-0.2, 0) is 13.0 Å². The molecule has 5 heteroatoms. The molecule has 3 nitrogen and oxygen atoms in total. The van der Waals surface area contributed by atoms with E-state index < -0.39 is 5.97 Å². The van der Waals surface area contributed by atoms with Gasteiger partial charge >= 0.3 is 5.97 Å². The van der Waals surface area contributed by atoms with Crippen LogP contribution in [0.5, 0.6) is 0 Å². The fourth-order valence-electron chi connectivity index (χ4n) is 2.57. The van der Waals surface area contributed by atoms with Crippen molar-refractivity contribution in [2.24, 2.45) is 0 Å². The first-order valence-corrected chi connectivity index (χ1v) is 7.22. The lowest BCUT2D eigenvalue weighted by atomic mass is 10.1. The smallest absolute Gasteiger partial charge is 0.345 e. The van der Waals surface area contributed by atoms with Crippen LogP contribution in [0.3, 0.4) is 0 Å². The van der Waals surface area contributed by atoms with Crippen molar-refractivity contribution in [3.05, 3.63) is 51.0 Å². The summed E-state index contributed by atoms with van der Waals surface area (Å²) in [6.45, 7) is 3.40. The number of carboxylic acid groups (broad SMARTS) is 1. The van der Waals surface area contributed by atoms with Crippen LogP contribution < -0.4 is 4.90 Å². The Morgan fingerprint density at radius 1 is 1.45 bits per heavy atom. The highest BCUT2D eigenvalue weighted by atomic mass is 32.1. The van der Waals surface area contributed by atoms with Gasteiger partial charge in [0.2, 0.25) is 0 Å². The third kappa shape index (κ3) is 2.29. The number of fused-ring (bicyclic) bond motifs is 1. The van der Waals surface area contributed by atoms with Gasteiger partial charge in [0.25, 0.3) is 0 Å². The number of carboxylic acids is 1. The highest BCUT2D eigenvalue weighted by Gasteiger charge is 2.21. The minimum absolute atomic E-state index is 0.232. The average molecular weight is 291 g/mol. The second-order valence-electron chi connectivity index (χ2n) is 4.94. The number of hydrogen-bond acceptors (Lipinski definition) is 3. The molecule has 1 aliphatic heterocycles. The molecule has 0 bridgehead atoms. The number of thiophene rings is 1. The van der Waals surface area contributed by atoms with Crippen LogP contribution in [0.25, 0.3) is 0 Å². The highest BCUT2D eigenvalue weighted by Crippen LogP contribution is 2.32. The van der Waals surface area contributed by atoms with E-state index in [0.717, 1.165) is 34.7 Å². The molecule has 1 aromatic carbocycles. The summed E-state index contributed by atoms with van der Waals surface area (Å²) in [5.41, 5.74) is 3.08. The quantitative estimate of drug-likeness (QED) is 0.941. The van der Waals surface area contributed by atoms with E-state index in [0.29, 0.717) is 11.4 Å². The van der Waals surface area contributed by atoms with Gasteiger partial charge in [0.15, 0.2) is 0 Å². The maximum atomic E-state index is 13.4. The fraction of sp³-hybridized carbons (Fsp3) is 0.267. The molecular weight excluding hydrogens is 277 g/mol. The van der Waals surface area contributed by atoms with E-state index in [2.05, 4.69) is 4.90 Å². The second-order valence-corrected chi connectivity index (χ2v) is 6.20. The zero-order chi connectivity index (χ0) is 14.3. The predicted molar refractivity (Wildman–Crippen MR) is 77.2 cm³/mol. The van der Waals surface area contributed by atoms with Crippen molar-refractivity contribution in [3.8, 4) is 0 Å². The SMILES string of the molecule is Cc1sc(C(=O)O)cc1CN1CCc2ccc(F)cc21. The lowest BCUT2D eigenvalue weighted by molar-refractivity contribution is 0.0702. The maximum absolute atomic E-state index is 13.4. The summed E-state index contributed by atoms with van der Waals surface area (Å²) in [6.07, 6.45) is 0.907. The topological polar surface area (TPSA) is 40.5 Å². The summed E-state index contributed by atoms with van der Waals surface area (Å²) in [5, 5.41) is 9.02. The Kier molecular flexibility index (Phi) is 3.22. The molecule has 2 heterocycles. The standard InChI is InChI=1S/C15H14FNO2S/c1-9-11(6-14(20-9)15(18)19)8-17-5-4-10-2-3-12(16)7-13(10)17/h2-3,6-7H,4-5,8H2,1H3,(H,18,19). The van der Waals surface area contributed by atoms with Gasteiger partial charge in [0.1, 0.15) is 10.7 Å². The summed E-state index contributed by atoms with van der Waals surface area (Å²) in [7, 11) is 0. The van der Waals surface area contributed by atoms with E-state index in [1.54, 1.807) is 12.1 Å². The molecule has 3 rings (SSSR count). The van der Waals surface area contributed by atoms with E-state index in [4.69, 9.17) is 5.11 Å². The van der Waals surface area contributed by atoms with Gasteiger partial charge in [-0.25, -0.2) is 9.18 Å². The minimum atomic E-state index is -0.891. The van der Waals surface area contributed by atoms with E-state index in [1.165, 1.54) is 17.4 Å². The van der Waals surface area contributed by atoms with Crippen LogP contribution in [0.4, 0.5) is 10.1 Å². The molecule has 1 aromatic heterocycles.